The van der Waals surface area contributed by atoms with Crippen LogP contribution in [-0.4, -0.2) is 13.7 Å². The first-order valence-corrected chi connectivity index (χ1v) is 5.07. The second-order valence-electron chi connectivity index (χ2n) is 1.29. The van der Waals surface area contributed by atoms with Gasteiger partial charge in [0.15, 0.2) is 0 Å². The van der Waals surface area contributed by atoms with E-state index in [1.165, 1.54) is 0 Å². The van der Waals surface area contributed by atoms with E-state index >= 15 is 0 Å². The Balaban J connectivity index is 3.09. The molecule has 0 aliphatic rings. The van der Waals surface area contributed by atoms with Crippen molar-refractivity contribution in [1.82, 2.24) is 5.09 Å². The van der Waals surface area contributed by atoms with Crippen molar-refractivity contribution in [3.8, 4) is 6.07 Å². The Morgan fingerprint density at radius 3 is 3.00 bits per heavy atom. The van der Waals surface area contributed by atoms with Crippen molar-refractivity contribution in [1.29, 1.82) is 5.26 Å². The predicted octanol–water partition coefficient (Wildman–Crippen LogP) is 0.642. The zero-order valence-corrected chi connectivity index (χ0v) is 6.99. The summed E-state index contributed by atoms with van der Waals surface area (Å²) in [6, 6.07) is 1.96. The molecule has 0 fully saturated rings. The molecule has 0 spiro atoms. The van der Waals surface area contributed by atoms with Gasteiger partial charge in [0.1, 0.15) is 7.07 Å². The first kappa shape index (κ1) is 9.06. The summed E-state index contributed by atoms with van der Waals surface area (Å²) in [5.41, 5.74) is 0. The molecule has 3 nitrogen and oxygen atoms in total. The molecule has 9 heavy (non-hydrogen) atoms. The molecule has 0 aliphatic heterocycles. The number of hydrogen-bond donors (Lipinski definition) is 1. The van der Waals surface area contributed by atoms with Crippen molar-refractivity contribution < 1.29 is 4.52 Å². The van der Waals surface area contributed by atoms with Crippen molar-refractivity contribution >= 4 is 18.9 Å². The van der Waals surface area contributed by atoms with Crippen LogP contribution < -0.4 is 5.09 Å². The third kappa shape index (κ3) is 5.94. The summed E-state index contributed by atoms with van der Waals surface area (Å²) in [5.74, 6) is 0. The highest BCUT2D eigenvalue weighted by Gasteiger charge is 1.87. The van der Waals surface area contributed by atoms with E-state index in [1.54, 1.807) is 7.05 Å². The van der Waals surface area contributed by atoms with E-state index in [-0.39, 0.29) is 0 Å². The molecular weight excluding hydrogens is 155 g/mol. The molecule has 0 rings (SSSR count). The van der Waals surface area contributed by atoms with Crippen molar-refractivity contribution in [2.45, 2.75) is 6.42 Å². The number of nitrogens with zero attached hydrogens (tertiary/aromatic N) is 1. The summed E-state index contributed by atoms with van der Waals surface area (Å²) in [6.45, 7) is 0.454. The summed E-state index contributed by atoms with van der Waals surface area (Å²) < 4.78 is 5.01. The SMILES string of the molecule is CN[PH](=S)OCCC#N. The zero-order chi connectivity index (χ0) is 7.11. The van der Waals surface area contributed by atoms with Crippen LogP contribution in [0.2, 0.25) is 0 Å². The fraction of sp³-hybridized carbons (Fsp3) is 0.750. The Hall–Kier alpha value is 0.0600. The average molecular weight is 164 g/mol. The standard InChI is InChI=1S/C4H9N2OPS/c1-6-8(9)7-4-2-3-5/h8H,2,4H2,1H3,(H,6,9). The molecule has 0 aromatic rings. The van der Waals surface area contributed by atoms with Crippen LogP contribution in [0.25, 0.3) is 0 Å². The lowest BCUT2D eigenvalue weighted by molar-refractivity contribution is 0.368. The maximum atomic E-state index is 8.08. The van der Waals surface area contributed by atoms with Gasteiger partial charge < -0.3 is 4.52 Å². The van der Waals surface area contributed by atoms with Crippen molar-refractivity contribution in [3.05, 3.63) is 0 Å². The smallest absolute Gasteiger partial charge is 0.116 e. The molecule has 0 saturated heterocycles. The van der Waals surface area contributed by atoms with E-state index in [9.17, 15) is 0 Å². The number of rotatable bonds is 4. The van der Waals surface area contributed by atoms with Crippen LogP contribution in [0, 0.1) is 11.3 Å². The monoisotopic (exact) mass is 164 g/mol. The highest BCUT2D eigenvalue weighted by atomic mass is 32.4. The highest BCUT2D eigenvalue weighted by molar-refractivity contribution is 8.02. The molecule has 0 amide bonds. The summed E-state index contributed by atoms with van der Waals surface area (Å²) in [4.78, 5) is 0. The molecule has 0 aliphatic carbocycles. The van der Waals surface area contributed by atoms with Crippen LogP contribution in [0.4, 0.5) is 0 Å². The van der Waals surface area contributed by atoms with Crippen LogP contribution in [0.3, 0.4) is 0 Å². The first-order chi connectivity index (χ1) is 4.31. The molecule has 1 atom stereocenters. The number of hydrogen-bond acceptors (Lipinski definition) is 3. The Kier molecular flexibility index (Phi) is 6.23. The summed E-state index contributed by atoms with van der Waals surface area (Å²) >= 11 is 4.81. The summed E-state index contributed by atoms with van der Waals surface area (Å²) in [5, 5.41) is 10.9. The van der Waals surface area contributed by atoms with Gasteiger partial charge in [-0.2, -0.15) is 5.26 Å². The quantitative estimate of drug-likeness (QED) is 0.489. The van der Waals surface area contributed by atoms with Crippen molar-refractivity contribution in [2.75, 3.05) is 13.7 Å². The third-order valence-corrected chi connectivity index (χ3v) is 2.49. The van der Waals surface area contributed by atoms with E-state index in [0.717, 1.165) is 0 Å². The lowest BCUT2D eigenvalue weighted by Crippen LogP contribution is -1.95. The zero-order valence-electron chi connectivity index (χ0n) is 5.18. The first-order valence-electron chi connectivity index (χ1n) is 2.52. The van der Waals surface area contributed by atoms with Gasteiger partial charge in [0.25, 0.3) is 0 Å². The van der Waals surface area contributed by atoms with E-state index in [2.05, 4.69) is 5.09 Å². The molecule has 5 heteroatoms. The predicted molar refractivity (Wildman–Crippen MR) is 40.9 cm³/mol. The fourth-order valence-electron chi connectivity index (χ4n) is 0.262. The second-order valence-corrected chi connectivity index (χ2v) is 3.77. The summed E-state index contributed by atoms with van der Waals surface area (Å²) in [6.07, 6.45) is 0.423. The molecule has 1 N–H and O–H groups in total. The van der Waals surface area contributed by atoms with Crippen LogP contribution in [0.5, 0.6) is 0 Å². The third-order valence-electron chi connectivity index (χ3n) is 0.651. The topological polar surface area (TPSA) is 45.0 Å². The fourth-order valence-corrected chi connectivity index (χ4v) is 0.943. The van der Waals surface area contributed by atoms with Gasteiger partial charge in [-0.25, -0.2) is 0 Å². The van der Waals surface area contributed by atoms with Gasteiger partial charge in [-0.3, -0.25) is 5.09 Å². The van der Waals surface area contributed by atoms with Crippen LogP contribution in [0.15, 0.2) is 0 Å². The molecule has 0 heterocycles. The lowest BCUT2D eigenvalue weighted by Gasteiger charge is -2.00. The number of nitrogens with one attached hydrogen (secondary N) is 1. The van der Waals surface area contributed by atoms with Crippen LogP contribution in [-0.2, 0) is 16.3 Å². The maximum Gasteiger partial charge on any atom is 0.116 e. The van der Waals surface area contributed by atoms with Crippen LogP contribution >= 0.6 is 7.07 Å². The Morgan fingerprint density at radius 2 is 2.56 bits per heavy atom. The van der Waals surface area contributed by atoms with Gasteiger partial charge in [0, 0.05) is 0 Å². The van der Waals surface area contributed by atoms with Gasteiger partial charge >= 0.3 is 0 Å². The highest BCUT2D eigenvalue weighted by Crippen LogP contribution is 2.14. The summed E-state index contributed by atoms with van der Waals surface area (Å²) in [7, 11) is 0.538. The van der Waals surface area contributed by atoms with Gasteiger partial charge in [-0.05, 0) is 7.05 Å². The van der Waals surface area contributed by atoms with E-state index in [1.807, 2.05) is 6.07 Å². The maximum absolute atomic E-state index is 8.08. The molecule has 0 aromatic heterocycles. The molecule has 0 radical (unpaired) electrons. The Labute approximate surface area is 60.6 Å². The normalized spacial score (nSPS) is 12.4. The number of nitriles is 1. The van der Waals surface area contributed by atoms with Gasteiger partial charge in [-0.15, -0.1) is 0 Å². The van der Waals surface area contributed by atoms with E-state index < -0.39 is 7.07 Å². The second kappa shape index (κ2) is 6.18. The minimum Gasteiger partial charge on any atom is -0.339 e. The van der Waals surface area contributed by atoms with Gasteiger partial charge in [0.05, 0.1) is 19.1 Å². The van der Waals surface area contributed by atoms with Crippen LogP contribution in [0.1, 0.15) is 6.42 Å². The molecule has 0 aromatic carbocycles. The Bertz CT molecular complexity index is 133. The lowest BCUT2D eigenvalue weighted by atomic mass is 10.5. The minimum atomic E-state index is -1.22. The van der Waals surface area contributed by atoms with E-state index in [4.69, 9.17) is 21.6 Å². The minimum absolute atomic E-state index is 0.423. The Morgan fingerprint density at radius 1 is 1.89 bits per heavy atom. The molecular formula is C4H9N2OPS. The molecule has 1 unspecified atom stereocenters. The van der Waals surface area contributed by atoms with E-state index in [0.29, 0.717) is 13.0 Å². The van der Waals surface area contributed by atoms with Gasteiger partial charge in [-0.1, -0.05) is 11.8 Å². The largest absolute Gasteiger partial charge is 0.339 e. The molecule has 0 saturated carbocycles. The molecule has 52 valence electrons. The van der Waals surface area contributed by atoms with Crippen molar-refractivity contribution in [3.63, 3.8) is 0 Å². The molecule has 0 bridgehead atoms. The van der Waals surface area contributed by atoms with Gasteiger partial charge in [0.2, 0.25) is 0 Å². The van der Waals surface area contributed by atoms with Crippen molar-refractivity contribution in [2.24, 2.45) is 0 Å². The average Bonchev–Trinajstić information content (AvgIpc) is 1.89.